The number of hydrogen-bond acceptors (Lipinski definition) is 4. The van der Waals surface area contributed by atoms with Gasteiger partial charge in [0.05, 0.1) is 0 Å². The second-order valence-electron chi connectivity index (χ2n) is 4.34. The summed E-state index contributed by atoms with van der Waals surface area (Å²) < 4.78 is 21.7. The van der Waals surface area contributed by atoms with Crippen molar-refractivity contribution in [2.45, 2.75) is 31.1 Å². The summed E-state index contributed by atoms with van der Waals surface area (Å²) in [5, 5.41) is 0. The van der Waals surface area contributed by atoms with Crippen molar-refractivity contribution in [3.8, 4) is 0 Å². The van der Waals surface area contributed by atoms with Gasteiger partial charge >= 0.3 is 8.80 Å². The summed E-state index contributed by atoms with van der Waals surface area (Å²) >= 11 is 0. The van der Waals surface area contributed by atoms with Crippen molar-refractivity contribution in [2.75, 3.05) is 28.4 Å². The Hall–Kier alpha value is 0.274. The molecule has 1 radical (unpaired) electrons. The molecule has 1 unspecified atom stereocenters. The Morgan fingerprint density at radius 1 is 0.938 bits per heavy atom. The monoisotopic (exact) mass is 265 g/mol. The zero-order valence-corrected chi connectivity index (χ0v) is 13.3. The lowest BCUT2D eigenvalue weighted by Gasteiger charge is -2.30. The Balaban J connectivity index is 4.32. The zero-order chi connectivity index (χ0) is 12.8. The Morgan fingerprint density at radius 2 is 1.38 bits per heavy atom. The van der Waals surface area contributed by atoms with Crippen LogP contribution in [-0.4, -0.2) is 45.6 Å². The summed E-state index contributed by atoms with van der Waals surface area (Å²) in [6.07, 6.45) is 0.912. The van der Waals surface area contributed by atoms with Gasteiger partial charge in [-0.15, -0.1) is 0 Å². The minimum atomic E-state index is -2.45. The first-order valence-electron chi connectivity index (χ1n) is 5.41. The summed E-state index contributed by atoms with van der Waals surface area (Å²) in [6, 6.07) is 0.782. The molecule has 0 aromatic heterocycles. The molecule has 0 aromatic rings. The van der Waals surface area contributed by atoms with E-state index >= 15 is 0 Å². The van der Waals surface area contributed by atoms with Crippen molar-refractivity contribution in [1.29, 1.82) is 0 Å². The van der Waals surface area contributed by atoms with Crippen LogP contribution in [-0.2, 0) is 17.7 Å². The van der Waals surface area contributed by atoms with Crippen molar-refractivity contribution in [3.05, 3.63) is 6.92 Å². The van der Waals surface area contributed by atoms with E-state index in [1.807, 2.05) is 0 Å². The third-order valence-electron chi connectivity index (χ3n) is 3.24. The predicted octanol–water partition coefficient (Wildman–Crippen LogP) is 2.31. The van der Waals surface area contributed by atoms with E-state index in [1.165, 1.54) is 0 Å². The normalized spacial score (nSPS) is 15.2. The minimum Gasteiger partial charge on any atom is -0.420 e. The molecule has 1 atom stereocenters. The Bertz CT molecular complexity index is 187. The molecule has 0 rings (SSSR count). The first-order valence-corrected chi connectivity index (χ1v) is 10.3. The van der Waals surface area contributed by atoms with Gasteiger partial charge in [-0.25, -0.2) is 0 Å². The molecule has 0 aliphatic carbocycles. The molecule has 0 aromatic carbocycles. The van der Waals surface area contributed by atoms with Gasteiger partial charge in [-0.3, -0.25) is 0 Å². The maximum Gasteiger partial charge on any atom is 0.500 e. The first kappa shape index (κ1) is 16.3. The van der Waals surface area contributed by atoms with Crippen molar-refractivity contribution < 1.29 is 17.7 Å². The SMILES string of the molecule is [CH2]C(CC[Si](OC)(OC)OC)[Si](C)(C)OC. The second-order valence-corrected chi connectivity index (χ2v) is 11.9. The molecule has 0 heterocycles. The lowest BCUT2D eigenvalue weighted by Crippen LogP contribution is -2.44. The predicted molar refractivity (Wildman–Crippen MR) is 69.8 cm³/mol. The quantitative estimate of drug-likeness (QED) is 0.631. The van der Waals surface area contributed by atoms with Gasteiger partial charge in [0.15, 0.2) is 8.32 Å². The molecule has 0 fully saturated rings. The van der Waals surface area contributed by atoms with Gasteiger partial charge in [-0.1, -0.05) is 6.92 Å². The van der Waals surface area contributed by atoms with Crippen molar-refractivity contribution in [2.24, 2.45) is 0 Å². The van der Waals surface area contributed by atoms with Crippen LogP contribution >= 0.6 is 0 Å². The molecule has 0 saturated carbocycles. The van der Waals surface area contributed by atoms with Crippen LogP contribution in [0.4, 0.5) is 0 Å². The van der Waals surface area contributed by atoms with E-state index in [1.54, 1.807) is 28.4 Å². The van der Waals surface area contributed by atoms with E-state index in [9.17, 15) is 0 Å². The fraction of sp³-hybridized carbons (Fsp3) is 0.900. The van der Waals surface area contributed by atoms with Crippen molar-refractivity contribution in [1.82, 2.24) is 0 Å². The largest absolute Gasteiger partial charge is 0.500 e. The summed E-state index contributed by atoms with van der Waals surface area (Å²) in [7, 11) is 2.55. The molecule has 0 spiro atoms. The average molecular weight is 265 g/mol. The van der Waals surface area contributed by atoms with Crippen molar-refractivity contribution in [3.63, 3.8) is 0 Å². The molecule has 0 N–H and O–H groups in total. The highest BCUT2D eigenvalue weighted by atomic mass is 28.4. The summed E-state index contributed by atoms with van der Waals surface area (Å²) in [4.78, 5) is 0. The smallest absolute Gasteiger partial charge is 0.420 e. The highest BCUT2D eigenvalue weighted by Crippen LogP contribution is 2.29. The fourth-order valence-electron chi connectivity index (χ4n) is 1.42. The standard InChI is InChI=1S/C10H25O4Si2/c1-10(15(6,7)11-2)8-9-16(12-3,13-4)14-5/h10H,1,8-9H2,2-7H3. The molecule has 4 nitrogen and oxygen atoms in total. The second kappa shape index (κ2) is 6.88. The molecule has 0 saturated heterocycles. The third kappa shape index (κ3) is 4.27. The van der Waals surface area contributed by atoms with Crippen molar-refractivity contribution >= 4 is 17.1 Å². The summed E-state index contributed by atoms with van der Waals surface area (Å²) in [5.41, 5.74) is 0.310. The molecule has 6 heteroatoms. The third-order valence-corrected chi connectivity index (χ3v) is 9.32. The van der Waals surface area contributed by atoms with Gasteiger partial charge in [0.2, 0.25) is 0 Å². The van der Waals surface area contributed by atoms with Crippen LogP contribution in [0.2, 0.25) is 24.7 Å². The maximum atomic E-state index is 5.53. The van der Waals surface area contributed by atoms with Gasteiger partial charge in [-0.2, -0.15) is 0 Å². The Kier molecular flexibility index (Phi) is 6.99. The van der Waals surface area contributed by atoms with E-state index in [2.05, 4.69) is 20.0 Å². The molecule has 0 amide bonds. The summed E-state index contributed by atoms with van der Waals surface area (Å²) in [5.74, 6) is 0. The Labute approximate surface area is 102 Å². The highest BCUT2D eigenvalue weighted by Gasteiger charge is 2.40. The number of rotatable bonds is 8. The maximum absolute atomic E-state index is 5.53. The minimum absolute atomic E-state index is 0.310. The highest BCUT2D eigenvalue weighted by molar-refractivity contribution is 6.73. The molecule has 97 valence electrons. The van der Waals surface area contributed by atoms with Gasteiger partial charge in [-0.05, 0) is 25.1 Å². The molecule has 0 bridgehead atoms. The lowest BCUT2D eigenvalue weighted by atomic mass is 10.4. The number of hydrogen-bond donors (Lipinski definition) is 0. The van der Waals surface area contributed by atoms with Gasteiger partial charge in [0.25, 0.3) is 0 Å². The fourth-order valence-corrected chi connectivity index (χ4v) is 4.70. The van der Waals surface area contributed by atoms with Crippen LogP contribution in [0.15, 0.2) is 0 Å². The van der Waals surface area contributed by atoms with Gasteiger partial charge in [0.1, 0.15) is 0 Å². The van der Waals surface area contributed by atoms with E-state index in [-0.39, 0.29) is 0 Å². The lowest BCUT2D eigenvalue weighted by molar-refractivity contribution is 0.123. The first-order chi connectivity index (χ1) is 7.37. The van der Waals surface area contributed by atoms with Crippen LogP contribution < -0.4 is 0 Å². The van der Waals surface area contributed by atoms with Crippen LogP contribution in [0.1, 0.15) is 6.42 Å². The molecule has 0 aliphatic rings. The average Bonchev–Trinajstić information content (AvgIpc) is 2.31. The van der Waals surface area contributed by atoms with Crippen LogP contribution in [0, 0.1) is 6.92 Å². The van der Waals surface area contributed by atoms with E-state index in [0.717, 1.165) is 12.5 Å². The summed E-state index contributed by atoms with van der Waals surface area (Å²) in [6.45, 7) is 8.51. The topological polar surface area (TPSA) is 36.9 Å². The van der Waals surface area contributed by atoms with E-state index in [4.69, 9.17) is 17.7 Å². The van der Waals surface area contributed by atoms with Gasteiger partial charge < -0.3 is 17.7 Å². The van der Waals surface area contributed by atoms with E-state index < -0.39 is 17.1 Å². The van der Waals surface area contributed by atoms with Crippen LogP contribution in [0.3, 0.4) is 0 Å². The van der Waals surface area contributed by atoms with E-state index in [0.29, 0.717) is 5.54 Å². The molecular formula is C10H25O4Si2. The van der Waals surface area contributed by atoms with Crippen LogP contribution in [0.25, 0.3) is 0 Å². The molecular weight excluding hydrogens is 240 g/mol. The Morgan fingerprint density at radius 3 is 1.69 bits per heavy atom. The van der Waals surface area contributed by atoms with Gasteiger partial charge in [0, 0.05) is 34.5 Å². The molecule has 16 heavy (non-hydrogen) atoms. The van der Waals surface area contributed by atoms with Crippen LogP contribution in [0.5, 0.6) is 0 Å². The zero-order valence-electron chi connectivity index (χ0n) is 11.3. The molecule has 0 aliphatic heterocycles.